The second-order valence-electron chi connectivity index (χ2n) is 9.46. The van der Waals surface area contributed by atoms with E-state index in [0.29, 0.717) is 25.9 Å². The van der Waals surface area contributed by atoms with Crippen LogP contribution in [0.15, 0.2) is 30.3 Å². The lowest BCUT2D eigenvalue weighted by Crippen LogP contribution is -2.64. The average Bonchev–Trinajstić information content (AvgIpc) is 2.94. The lowest BCUT2D eigenvalue weighted by atomic mass is 9.82. The Morgan fingerprint density at radius 3 is 2.51 bits per heavy atom. The maximum Gasteiger partial charge on any atom is 0.407 e. The first-order chi connectivity index (χ1) is 18.7. The first-order valence-electron chi connectivity index (χ1n) is 13.3. The number of carbonyl (C=O) groups excluding carboxylic acids is 3. The molecule has 12 nitrogen and oxygen atoms in total. The predicted molar refractivity (Wildman–Crippen MR) is 139 cm³/mol. The summed E-state index contributed by atoms with van der Waals surface area (Å²) in [5.74, 6) is -3.68. The third kappa shape index (κ3) is 9.73. The second-order valence-corrected chi connectivity index (χ2v) is 9.46. The van der Waals surface area contributed by atoms with Crippen molar-refractivity contribution in [2.24, 2.45) is 11.7 Å². The summed E-state index contributed by atoms with van der Waals surface area (Å²) < 4.78 is 27.2. The molecule has 39 heavy (non-hydrogen) atoms. The molecule has 1 aliphatic heterocycles. The number of hydrogen-bond acceptors (Lipinski definition) is 11. The summed E-state index contributed by atoms with van der Waals surface area (Å²) in [5, 5.41) is 23.8. The number of nitrogens with two attached hydrogens (primary N) is 1. The van der Waals surface area contributed by atoms with Crippen LogP contribution in [-0.2, 0) is 39.9 Å². The van der Waals surface area contributed by atoms with E-state index >= 15 is 0 Å². The number of methoxy groups -OCH3 is 1. The zero-order chi connectivity index (χ0) is 28.8. The van der Waals surface area contributed by atoms with Gasteiger partial charge in [-0.15, -0.1) is 0 Å². The Kier molecular flexibility index (Phi) is 13.6. The summed E-state index contributed by atoms with van der Waals surface area (Å²) in [4.78, 5) is 37.2. The Labute approximate surface area is 229 Å². The summed E-state index contributed by atoms with van der Waals surface area (Å²) in [7, 11) is 1.17. The summed E-state index contributed by atoms with van der Waals surface area (Å²) in [5.41, 5.74) is 6.34. The van der Waals surface area contributed by atoms with Crippen LogP contribution in [0.2, 0.25) is 0 Å². The molecule has 1 aromatic rings. The van der Waals surface area contributed by atoms with Crippen molar-refractivity contribution >= 4 is 18.0 Å². The number of alkyl carbamates (subject to hydrolysis) is 1. The second kappa shape index (κ2) is 16.4. The van der Waals surface area contributed by atoms with Gasteiger partial charge in [0.05, 0.1) is 32.5 Å². The van der Waals surface area contributed by atoms with Gasteiger partial charge >= 0.3 is 18.0 Å². The van der Waals surface area contributed by atoms with Crippen molar-refractivity contribution in [2.75, 3.05) is 26.9 Å². The number of rotatable bonds is 15. The average molecular weight is 555 g/mol. The van der Waals surface area contributed by atoms with Gasteiger partial charge in [-0.25, -0.2) is 9.59 Å². The van der Waals surface area contributed by atoms with Gasteiger partial charge in [-0.05, 0) is 25.3 Å². The Hall–Kier alpha value is -2.77. The van der Waals surface area contributed by atoms with Gasteiger partial charge < -0.3 is 44.9 Å². The number of carbonyl (C=O) groups is 3. The molecule has 0 radical (unpaired) electrons. The fraction of sp³-hybridized carbons (Fsp3) is 0.667. The molecule has 2 rings (SSSR count). The van der Waals surface area contributed by atoms with Crippen LogP contribution in [-0.4, -0.2) is 85.3 Å². The molecule has 1 aliphatic rings. The highest BCUT2D eigenvalue weighted by molar-refractivity contribution is 5.78. The summed E-state index contributed by atoms with van der Waals surface area (Å²) >= 11 is 0. The molecule has 5 N–H and O–H groups in total. The van der Waals surface area contributed by atoms with Gasteiger partial charge in [0.25, 0.3) is 5.79 Å². The number of esters is 2. The molecular weight excluding hydrogens is 512 g/mol. The van der Waals surface area contributed by atoms with Gasteiger partial charge in [0, 0.05) is 31.3 Å². The van der Waals surface area contributed by atoms with Crippen molar-refractivity contribution < 1.29 is 48.3 Å². The van der Waals surface area contributed by atoms with Crippen LogP contribution in [0.1, 0.15) is 51.5 Å². The molecule has 12 heteroatoms. The van der Waals surface area contributed by atoms with E-state index in [1.807, 2.05) is 30.3 Å². The van der Waals surface area contributed by atoms with Crippen molar-refractivity contribution in [1.82, 2.24) is 5.32 Å². The minimum absolute atomic E-state index is 0.0344. The Bertz CT molecular complexity index is 902. The molecule has 1 aromatic carbocycles. The van der Waals surface area contributed by atoms with Crippen molar-refractivity contribution in [1.29, 1.82) is 0 Å². The SMILES string of the molecule is CCOC(=O)CCCCCO[C@]1(C(=O)OC)C[C@@H](NC(=O)OCc2ccccc2)[C@@H](C)C([C@H](O)[C@H](O)CN)O1. The number of amides is 1. The molecule has 220 valence electrons. The molecule has 0 bridgehead atoms. The van der Waals surface area contributed by atoms with E-state index in [1.54, 1.807) is 13.8 Å². The lowest BCUT2D eigenvalue weighted by molar-refractivity contribution is -0.306. The third-order valence-corrected chi connectivity index (χ3v) is 6.62. The highest BCUT2D eigenvalue weighted by atomic mass is 16.7. The lowest BCUT2D eigenvalue weighted by Gasteiger charge is -2.47. The number of nitrogens with one attached hydrogen (secondary N) is 1. The van der Waals surface area contributed by atoms with Crippen molar-refractivity contribution in [3.8, 4) is 0 Å². The first-order valence-corrected chi connectivity index (χ1v) is 13.3. The molecule has 1 amide bonds. The largest absolute Gasteiger partial charge is 0.466 e. The fourth-order valence-corrected chi connectivity index (χ4v) is 4.37. The van der Waals surface area contributed by atoms with Crippen LogP contribution in [0.4, 0.5) is 4.79 Å². The van der Waals surface area contributed by atoms with Gasteiger partial charge in [0.1, 0.15) is 12.7 Å². The molecular formula is C27H42N2O10. The van der Waals surface area contributed by atoms with E-state index in [1.165, 1.54) is 7.11 Å². The van der Waals surface area contributed by atoms with Gasteiger partial charge in [-0.1, -0.05) is 43.7 Å². The van der Waals surface area contributed by atoms with Crippen LogP contribution < -0.4 is 11.1 Å². The van der Waals surface area contributed by atoms with E-state index in [0.717, 1.165) is 5.56 Å². The molecule has 0 aromatic heterocycles. The van der Waals surface area contributed by atoms with Crippen LogP contribution in [0.3, 0.4) is 0 Å². The van der Waals surface area contributed by atoms with E-state index < -0.39 is 48.1 Å². The number of hydrogen-bond donors (Lipinski definition) is 4. The number of benzene rings is 1. The zero-order valence-electron chi connectivity index (χ0n) is 22.9. The van der Waals surface area contributed by atoms with Gasteiger partial charge in [0.15, 0.2) is 0 Å². The molecule has 1 unspecified atom stereocenters. The molecule has 0 saturated carbocycles. The molecule has 0 spiro atoms. The standard InChI is InChI=1S/C27H42N2O10/c1-4-36-22(31)13-9-6-10-14-38-27(25(33)35-3)15-20(18(2)24(39-27)23(32)21(30)16-28)29-26(34)37-17-19-11-7-5-8-12-19/h5,7-8,11-12,18,20-21,23-24,30,32H,4,6,9-10,13-17,28H2,1-3H3,(H,29,34)/t18-,20-,21-,23-,24?,27-/m1/s1. The number of aliphatic hydroxyl groups excluding tert-OH is 2. The molecule has 0 aliphatic carbocycles. The topological polar surface area (TPSA) is 176 Å². The number of ether oxygens (including phenoxy) is 5. The maximum atomic E-state index is 13.0. The Balaban J connectivity index is 2.14. The monoisotopic (exact) mass is 554 g/mol. The predicted octanol–water partition coefficient (Wildman–Crippen LogP) is 1.40. The van der Waals surface area contributed by atoms with Crippen LogP contribution in [0, 0.1) is 5.92 Å². The van der Waals surface area contributed by atoms with Crippen LogP contribution in [0.5, 0.6) is 0 Å². The van der Waals surface area contributed by atoms with E-state index in [4.69, 9.17) is 29.4 Å². The number of unbranched alkanes of at least 4 members (excludes halogenated alkanes) is 2. The Morgan fingerprint density at radius 2 is 1.87 bits per heavy atom. The number of aliphatic hydroxyl groups is 2. The highest BCUT2D eigenvalue weighted by Crippen LogP contribution is 2.37. The smallest absolute Gasteiger partial charge is 0.407 e. The summed E-state index contributed by atoms with van der Waals surface area (Å²) in [6, 6.07) is 8.37. The molecule has 1 fully saturated rings. The fourth-order valence-electron chi connectivity index (χ4n) is 4.37. The molecule has 1 heterocycles. The zero-order valence-corrected chi connectivity index (χ0v) is 22.9. The van der Waals surface area contributed by atoms with Crippen molar-refractivity contribution in [3.05, 3.63) is 35.9 Å². The normalized spacial score (nSPS) is 24.3. The molecule has 1 saturated heterocycles. The van der Waals surface area contributed by atoms with Crippen LogP contribution >= 0.6 is 0 Å². The maximum absolute atomic E-state index is 13.0. The summed E-state index contributed by atoms with van der Waals surface area (Å²) in [6.07, 6.45) is -2.87. The van der Waals surface area contributed by atoms with Gasteiger partial charge in [0.2, 0.25) is 0 Å². The highest BCUT2D eigenvalue weighted by Gasteiger charge is 2.55. The van der Waals surface area contributed by atoms with E-state index in [2.05, 4.69) is 5.32 Å². The minimum atomic E-state index is -1.97. The summed E-state index contributed by atoms with van der Waals surface area (Å²) in [6.45, 7) is 3.62. The third-order valence-electron chi connectivity index (χ3n) is 6.62. The quantitative estimate of drug-likeness (QED) is 0.140. The van der Waals surface area contributed by atoms with Gasteiger partial charge in [-0.3, -0.25) is 4.79 Å². The molecule has 6 atom stereocenters. The van der Waals surface area contributed by atoms with Gasteiger partial charge in [-0.2, -0.15) is 0 Å². The van der Waals surface area contributed by atoms with Crippen molar-refractivity contribution in [2.45, 2.75) is 82.7 Å². The van der Waals surface area contributed by atoms with E-state index in [9.17, 15) is 24.6 Å². The minimum Gasteiger partial charge on any atom is -0.466 e. The Morgan fingerprint density at radius 1 is 1.15 bits per heavy atom. The van der Waals surface area contributed by atoms with Crippen LogP contribution in [0.25, 0.3) is 0 Å². The van der Waals surface area contributed by atoms with E-state index in [-0.39, 0.29) is 38.6 Å². The van der Waals surface area contributed by atoms with Crippen molar-refractivity contribution in [3.63, 3.8) is 0 Å². The first kappa shape index (κ1) is 32.4.